The quantitative estimate of drug-likeness (QED) is 0.621. The molecule has 25 heavy (non-hydrogen) atoms. The average Bonchev–Trinajstić information content (AvgIpc) is 3.15. The molecule has 4 aromatic rings. The number of benzene rings is 2. The van der Waals surface area contributed by atoms with Crippen LogP contribution in [0.2, 0.25) is 0 Å². The van der Waals surface area contributed by atoms with Gasteiger partial charge in [0.15, 0.2) is 0 Å². The lowest BCUT2D eigenvalue weighted by molar-refractivity contribution is 0.0947. The Balaban J connectivity index is 1.53. The molecule has 6 heteroatoms. The van der Waals surface area contributed by atoms with Gasteiger partial charge in [-0.3, -0.25) is 9.78 Å². The third-order valence-corrected chi connectivity index (χ3v) is 3.78. The van der Waals surface area contributed by atoms with Crippen molar-refractivity contribution in [2.75, 3.05) is 0 Å². The number of carbonyl (C=O) groups is 1. The van der Waals surface area contributed by atoms with Gasteiger partial charge < -0.3 is 9.73 Å². The number of rotatable bonds is 4. The van der Waals surface area contributed by atoms with Gasteiger partial charge >= 0.3 is 0 Å². The number of fused-ring (bicyclic) bond motifs is 1. The minimum Gasteiger partial charge on any atom is -0.417 e. The maximum Gasteiger partial charge on any atom is 0.266 e. The zero-order chi connectivity index (χ0) is 17.1. The van der Waals surface area contributed by atoms with Crippen LogP contribution in [-0.4, -0.2) is 21.1 Å². The third kappa shape index (κ3) is 3.10. The van der Waals surface area contributed by atoms with E-state index in [2.05, 4.69) is 20.5 Å². The van der Waals surface area contributed by atoms with Gasteiger partial charge in [-0.05, 0) is 23.6 Å². The fourth-order valence-corrected chi connectivity index (χ4v) is 2.56. The zero-order valence-electron chi connectivity index (χ0n) is 13.2. The summed E-state index contributed by atoms with van der Waals surface area (Å²) >= 11 is 0. The summed E-state index contributed by atoms with van der Waals surface area (Å²) in [7, 11) is 0. The summed E-state index contributed by atoms with van der Waals surface area (Å²) in [5, 5.41) is 12.8. The standard InChI is InChI=1S/C19H14N4O2/c24-18(14-7-2-1-3-8-14)21-12-16-22-23-19(25-16)17-15-9-5-4-6-13(15)10-11-20-17/h1-11H,12H2,(H,21,24). The van der Waals surface area contributed by atoms with Crippen LogP contribution in [0.15, 0.2) is 71.3 Å². The highest BCUT2D eigenvalue weighted by atomic mass is 16.4. The highest BCUT2D eigenvalue weighted by Crippen LogP contribution is 2.25. The van der Waals surface area contributed by atoms with Crippen LogP contribution in [-0.2, 0) is 6.54 Å². The molecule has 0 fully saturated rings. The summed E-state index contributed by atoms with van der Waals surface area (Å²) in [5.74, 6) is 0.471. The van der Waals surface area contributed by atoms with Crippen LogP contribution < -0.4 is 5.32 Å². The van der Waals surface area contributed by atoms with Gasteiger partial charge in [-0.1, -0.05) is 42.5 Å². The van der Waals surface area contributed by atoms with E-state index in [0.717, 1.165) is 10.8 Å². The van der Waals surface area contributed by atoms with Crippen molar-refractivity contribution in [3.05, 3.63) is 78.3 Å². The Labute approximate surface area is 143 Å². The number of amides is 1. The van der Waals surface area contributed by atoms with Crippen LogP contribution in [0.25, 0.3) is 22.4 Å². The minimum absolute atomic E-state index is 0.158. The molecular formula is C19H14N4O2. The summed E-state index contributed by atoms with van der Waals surface area (Å²) in [5.41, 5.74) is 1.21. The second-order valence-electron chi connectivity index (χ2n) is 5.43. The average molecular weight is 330 g/mol. The Morgan fingerprint density at radius 1 is 0.960 bits per heavy atom. The van der Waals surface area contributed by atoms with Crippen LogP contribution >= 0.6 is 0 Å². The van der Waals surface area contributed by atoms with Crippen LogP contribution in [0.1, 0.15) is 16.2 Å². The van der Waals surface area contributed by atoms with Crippen molar-refractivity contribution in [2.45, 2.75) is 6.54 Å². The Morgan fingerprint density at radius 3 is 2.64 bits per heavy atom. The first-order valence-electron chi connectivity index (χ1n) is 7.81. The molecule has 0 saturated carbocycles. The Hall–Kier alpha value is -3.54. The number of hydrogen-bond acceptors (Lipinski definition) is 5. The molecule has 0 aliphatic rings. The molecule has 0 radical (unpaired) electrons. The van der Waals surface area contributed by atoms with Crippen molar-refractivity contribution in [1.82, 2.24) is 20.5 Å². The molecule has 0 atom stereocenters. The SMILES string of the molecule is O=C(NCc1nnc(-c2nccc3ccccc23)o1)c1ccccc1. The van der Waals surface area contributed by atoms with E-state index in [0.29, 0.717) is 23.0 Å². The molecule has 0 bridgehead atoms. The summed E-state index contributed by atoms with van der Waals surface area (Å²) in [6.07, 6.45) is 1.71. The Bertz CT molecular complexity index is 1020. The van der Waals surface area contributed by atoms with Gasteiger partial charge in [0.2, 0.25) is 5.89 Å². The van der Waals surface area contributed by atoms with Crippen LogP contribution in [0.5, 0.6) is 0 Å². The molecule has 2 aromatic heterocycles. The van der Waals surface area contributed by atoms with Crippen molar-refractivity contribution in [3.8, 4) is 11.6 Å². The lowest BCUT2D eigenvalue weighted by Gasteiger charge is -2.02. The minimum atomic E-state index is -0.191. The smallest absolute Gasteiger partial charge is 0.266 e. The molecule has 0 aliphatic heterocycles. The predicted molar refractivity (Wildman–Crippen MR) is 92.6 cm³/mol. The van der Waals surface area contributed by atoms with E-state index in [-0.39, 0.29) is 12.5 Å². The first-order valence-corrected chi connectivity index (χ1v) is 7.81. The van der Waals surface area contributed by atoms with Crippen LogP contribution in [0, 0.1) is 0 Å². The molecule has 1 amide bonds. The fraction of sp³-hybridized carbons (Fsp3) is 0.0526. The molecule has 4 rings (SSSR count). The molecular weight excluding hydrogens is 316 g/mol. The first-order chi connectivity index (χ1) is 12.3. The summed E-state index contributed by atoms with van der Waals surface area (Å²) in [6.45, 7) is 0.158. The summed E-state index contributed by atoms with van der Waals surface area (Å²) < 4.78 is 5.66. The molecule has 2 aromatic carbocycles. The number of nitrogens with zero attached hydrogens (tertiary/aromatic N) is 3. The van der Waals surface area contributed by atoms with E-state index in [1.807, 2.05) is 48.5 Å². The van der Waals surface area contributed by atoms with E-state index in [1.165, 1.54) is 0 Å². The molecule has 6 nitrogen and oxygen atoms in total. The highest BCUT2D eigenvalue weighted by Gasteiger charge is 2.14. The molecule has 0 aliphatic carbocycles. The summed E-state index contributed by atoms with van der Waals surface area (Å²) in [4.78, 5) is 16.4. The maximum absolute atomic E-state index is 12.1. The molecule has 1 N–H and O–H groups in total. The second-order valence-corrected chi connectivity index (χ2v) is 5.43. The number of nitrogens with one attached hydrogen (secondary N) is 1. The monoisotopic (exact) mass is 330 g/mol. The van der Waals surface area contributed by atoms with Crippen LogP contribution in [0.4, 0.5) is 0 Å². The van der Waals surface area contributed by atoms with Crippen molar-refractivity contribution in [2.24, 2.45) is 0 Å². The van der Waals surface area contributed by atoms with Crippen LogP contribution in [0.3, 0.4) is 0 Å². The summed E-state index contributed by atoms with van der Waals surface area (Å²) in [6, 6.07) is 18.8. The zero-order valence-corrected chi connectivity index (χ0v) is 13.2. The molecule has 0 saturated heterocycles. The maximum atomic E-state index is 12.1. The van der Waals surface area contributed by atoms with E-state index in [4.69, 9.17) is 4.42 Å². The number of carbonyl (C=O) groups excluding carboxylic acids is 1. The van der Waals surface area contributed by atoms with Gasteiger partial charge in [0, 0.05) is 17.1 Å². The highest BCUT2D eigenvalue weighted by molar-refractivity contribution is 5.94. The predicted octanol–water partition coefficient (Wildman–Crippen LogP) is 3.21. The van der Waals surface area contributed by atoms with E-state index in [1.54, 1.807) is 18.3 Å². The van der Waals surface area contributed by atoms with E-state index >= 15 is 0 Å². The number of aromatic nitrogens is 3. The lowest BCUT2D eigenvalue weighted by atomic mass is 10.1. The first kappa shape index (κ1) is 15.0. The number of pyridine rings is 1. The lowest BCUT2D eigenvalue weighted by Crippen LogP contribution is -2.22. The van der Waals surface area contributed by atoms with Crippen molar-refractivity contribution >= 4 is 16.7 Å². The molecule has 122 valence electrons. The molecule has 0 unspecified atom stereocenters. The van der Waals surface area contributed by atoms with Gasteiger partial charge in [-0.25, -0.2) is 0 Å². The van der Waals surface area contributed by atoms with Gasteiger partial charge in [0.25, 0.3) is 11.8 Å². The van der Waals surface area contributed by atoms with Crippen molar-refractivity contribution < 1.29 is 9.21 Å². The Kier molecular flexibility index (Phi) is 3.92. The van der Waals surface area contributed by atoms with Gasteiger partial charge in [0.05, 0.1) is 6.54 Å². The largest absolute Gasteiger partial charge is 0.417 e. The molecule has 0 spiro atoms. The third-order valence-electron chi connectivity index (χ3n) is 3.78. The van der Waals surface area contributed by atoms with E-state index in [9.17, 15) is 4.79 Å². The van der Waals surface area contributed by atoms with E-state index < -0.39 is 0 Å². The van der Waals surface area contributed by atoms with Crippen molar-refractivity contribution in [1.29, 1.82) is 0 Å². The second kappa shape index (κ2) is 6.52. The van der Waals surface area contributed by atoms with Gasteiger partial charge in [0.1, 0.15) is 5.69 Å². The Morgan fingerprint density at radius 2 is 1.76 bits per heavy atom. The van der Waals surface area contributed by atoms with Gasteiger partial charge in [-0.15, -0.1) is 10.2 Å². The van der Waals surface area contributed by atoms with Crippen molar-refractivity contribution in [3.63, 3.8) is 0 Å². The number of hydrogen-bond donors (Lipinski definition) is 1. The topological polar surface area (TPSA) is 80.9 Å². The van der Waals surface area contributed by atoms with Gasteiger partial charge in [-0.2, -0.15) is 0 Å². The fourth-order valence-electron chi connectivity index (χ4n) is 2.56. The molecule has 2 heterocycles. The normalized spacial score (nSPS) is 10.7.